The van der Waals surface area contributed by atoms with Crippen LogP contribution in [0.3, 0.4) is 0 Å². The van der Waals surface area contributed by atoms with E-state index in [0.717, 1.165) is 33.5 Å². The third kappa shape index (κ3) is 3.08. The van der Waals surface area contributed by atoms with E-state index in [1.165, 1.54) is 11.1 Å². The first-order valence-corrected chi connectivity index (χ1v) is 7.78. The molecule has 0 aliphatic heterocycles. The number of benzene rings is 1. The average molecular weight is 387 g/mol. The Morgan fingerprint density at radius 1 is 1.16 bits per heavy atom. The summed E-state index contributed by atoms with van der Waals surface area (Å²) in [4.78, 5) is 9.17. The zero-order valence-electron chi connectivity index (χ0n) is 11.3. The first-order chi connectivity index (χ1) is 9.04. The van der Waals surface area contributed by atoms with E-state index in [-0.39, 0.29) is 0 Å². The van der Waals surface area contributed by atoms with Gasteiger partial charge in [0.1, 0.15) is 5.15 Å². The van der Waals surface area contributed by atoms with Gasteiger partial charge >= 0.3 is 0 Å². The Labute approximate surface area is 132 Å². The van der Waals surface area contributed by atoms with Crippen LogP contribution < -0.4 is 0 Å². The first-order valence-electron chi connectivity index (χ1n) is 6.33. The van der Waals surface area contributed by atoms with Gasteiger partial charge in [-0.25, -0.2) is 9.97 Å². The van der Waals surface area contributed by atoms with Gasteiger partial charge in [0.2, 0.25) is 0 Å². The predicted octanol–water partition coefficient (Wildman–Crippen LogP) is 4.97. The molecule has 100 valence electrons. The highest BCUT2D eigenvalue weighted by molar-refractivity contribution is 14.1. The normalized spacial score (nSPS) is 10.8. The zero-order chi connectivity index (χ0) is 14.0. The fraction of sp³-hybridized carbons (Fsp3) is 0.333. The molecule has 1 aromatic carbocycles. The topological polar surface area (TPSA) is 25.8 Å². The molecule has 0 radical (unpaired) electrons. The summed E-state index contributed by atoms with van der Waals surface area (Å²) in [5, 5.41) is 0.553. The van der Waals surface area contributed by atoms with Crippen LogP contribution in [0.4, 0.5) is 0 Å². The molecule has 0 unspecified atom stereocenters. The van der Waals surface area contributed by atoms with Crippen LogP contribution in [0.1, 0.15) is 30.2 Å². The third-order valence-electron chi connectivity index (χ3n) is 3.07. The highest BCUT2D eigenvalue weighted by Crippen LogP contribution is 2.28. The second-order valence-electron chi connectivity index (χ2n) is 4.62. The number of halogens is 2. The summed E-state index contributed by atoms with van der Waals surface area (Å²) < 4.78 is 0.969. The van der Waals surface area contributed by atoms with E-state index in [0.29, 0.717) is 5.15 Å². The van der Waals surface area contributed by atoms with Crippen LogP contribution in [0.2, 0.25) is 5.15 Å². The van der Waals surface area contributed by atoms with E-state index in [1.807, 2.05) is 0 Å². The summed E-state index contributed by atoms with van der Waals surface area (Å²) in [6.45, 7) is 6.30. The van der Waals surface area contributed by atoms with Crippen LogP contribution >= 0.6 is 34.2 Å². The van der Waals surface area contributed by atoms with Gasteiger partial charge in [-0.2, -0.15) is 0 Å². The minimum absolute atomic E-state index is 0.553. The van der Waals surface area contributed by atoms with Crippen molar-refractivity contribution in [1.82, 2.24) is 9.97 Å². The van der Waals surface area contributed by atoms with Crippen LogP contribution in [-0.2, 0) is 6.42 Å². The van der Waals surface area contributed by atoms with Crippen molar-refractivity contribution < 1.29 is 0 Å². The average Bonchev–Trinajstić information content (AvgIpc) is 2.35. The van der Waals surface area contributed by atoms with E-state index in [4.69, 9.17) is 16.6 Å². The third-order valence-corrected chi connectivity index (χ3v) is 4.80. The van der Waals surface area contributed by atoms with Gasteiger partial charge in [-0.1, -0.05) is 43.1 Å². The minimum Gasteiger partial charge on any atom is -0.232 e. The van der Waals surface area contributed by atoms with Gasteiger partial charge in [0, 0.05) is 5.56 Å². The van der Waals surface area contributed by atoms with Crippen LogP contribution in [-0.4, -0.2) is 9.97 Å². The molecule has 0 fully saturated rings. The monoisotopic (exact) mass is 386 g/mol. The molecule has 0 amide bonds. The molecule has 0 atom stereocenters. The fourth-order valence-electron chi connectivity index (χ4n) is 2.14. The minimum atomic E-state index is 0.553. The molecule has 0 bridgehead atoms. The van der Waals surface area contributed by atoms with Gasteiger partial charge in [-0.15, -0.1) is 0 Å². The van der Waals surface area contributed by atoms with Crippen LogP contribution in [0.5, 0.6) is 0 Å². The van der Waals surface area contributed by atoms with Crippen LogP contribution in [0.25, 0.3) is 11.4 Å². The second-order valence-corrected chi connectivity index (χ2v) is 6.05. The standard InChI is InChI=1S/C15H16ClIN2/c1-4-6-11-13(17)14(16)19-15(18-11)12-9(2)7-5-8-10(12)3/h5,7-8H,4,6H2,1-3H3. The SMILES string of the molecule is CCCc1nc(-c2c(C)cccc2C)nc(Cl)c1I. The highest BCUT2D eigenvalue weighted by Gasteiger charge is 2.14. The van der Waals surface area contributed by atoms with E-state index in [9.17, 15) is 0 Å². The van der Waals surface area contributed by atoms with Crippen molar-refractivity contribution in [2.75, 3.05) is 0 Å². The maximum atomic E-state index is 6.25. The van der Waals surface area contributed by atoms with E-state index < -0.39 is 0 Å². The lowest BCUT2D eigenvalue weighted by Crippen LogP contribution is -2.02. The Balaban J connectivity index is 2.63. The maximum absolute atomic E-state index is 6.25. The number of nitrogens with zero attached hydrogens (tertiary/aromatic N) is 2. The lowest BCUT2D eigenvalue weighted by molar-refractivity contribution is 0.866. The molecule has 0 saturated heterocycles. The lowest BCUT2D eigenvalue weighted by Gasteiger charge is -2.11. The van der Waals surface area contributed by atoms with Gasteiger partial charge in [-0.05, 0) is 54.0 Å². The van der Waals surface area contributed by atoms with E-state index in [1.54, 1.807) is 0 Å². The quantitative estimate of drug-likeness (QED) is 0.550. The molecular formula is C15H16ClIN2. The lowest BCUT2D eigenvalue weighted by atomic mass is 10.0. The summed E-state index contributed by atoms with van der Waals surface area (Å²) in [5.41, 5.74) is 4.50. The molecule has 0 spiro atoms. The summed E-state index contributed by atoms with van der Waals surface area (Å²) in [6, 6.07) is 6.21. The molecule has 2 aromatic rings. The van der Waals surface area contributed by atoms with Crippen molar-refractivity contribution >= 4 is 34.2 Å². The molecule has 1 aromatic heterocycles. The molecule has 2 nitrogen and oxygen atoms in total. The fourth-order valence-corrected chi connectivity index (χ4v) is 2.84. The predicted molar refractivity (Wildman–Crippen MR) is 88.7 cm³/mol. The van der Waals surface area contributed by atoms with Gasteiger partial charge in [0.25, 0.3) is 0 Å². The summed E-state index contributed by atoms with van der Waals surface area (Å²) in [7, 11) is 0. The molecule has 19 heavy (non-hydrogen) atoms. The summed E-state index contributed by atoms with van der Waals surface area (Å²) in [6.07, 6.45) is 1.98. The van der Waals surface area contributed by atoms with E-state index >= 15 is 0 Å². The van der Waals surface area contributed by atoms with Crippen molar-refractivity contribution in [3.05, 3.63) is 43.7 Å². The van der Waals surface area contributed by atoms with Gasteiger partial charge in [0.15, 0.2) is 5.82 Å². The highest BCUT2D eigenvalue weighted by atomic mass is 127. The number of hydrogen-bond acceptors (Lipinski definition) is 2. The number of aromatic nitrogens is 2. The van der Waals surface area contributed by atoms with Crippen molar-refractivity contribution in [2.24, 2.45) is 0 Å². The van der Waals surface area contributed by atoms with Gasteiger partial charge in [-0.3, -0.25) is 0 Å². The molecule has 0 saturated carbocycles. The largest absolute Gasteiger partial charge is 0.232 e. The van der Waals surface area contributed by atoms with Crippen molar-refractivity contribution in [3.8, 4) is 11.4 Å². The molecule has 0 aliphatic carbocycles. The van der Waals surface area contributed by atoms with Crippen molar-refractivity contribution in [1.29, 1.82) is 0 Å². The Morgan fingerprint density at radius 3 is 2.37 bits per heavy atom. The Kier molecular flexibility index (Phi) is 4.79. The maximum Gasteiger partial charge on any atom is 0.161 e. The number of hydrogen-bond donors (Lipinski definition) is 0. The van der Waals surface area contributed by atoms with E-state index in [2.05, 4.69) is 66.5 Å². The number of rotatable bonds is 3. The summed E-state index contributed by atoms with van der Waals surface area (Å²) in [5.74, 6) is 0.740. The molecule has 2 rings (SSSR count). The molecular weight excluding hydrogens is 371 g/mol. The van der Waals surface area contributed by atoms with Crippen LogP contribution in [0, 0.1) is 17.4 Å². The van der Waals surface area contributed by atoms with Crippen molar-refractivity contribution in [2.45, 2.75) is 33.6 Å². The van der Waals surface area contributed by atoms with Crippen molar-refractivity contribution in [3.63, 3.8) is 0 Å². The Morgan fingerprint density at radius 2 is 1.79 bits per heavy atom. The Hall–Kier alpha value is -0.680. The smallest absolute Gasteiger partial charge is 0.161 e. The van der Waals surface area contributed by atoms with Gasteiger partial charge in [0.05, 0.1) is 9.26 Å². The molecule has 0 aliphatic rings. The number of aryl methyl sites for hydroxylation is 3. The molecule has 1 heterocycles. The van der Waals surface area contributed by atoms with Crippen LogP contribution in [0.15, 0.2) is 18.2 Å². The zero-order valence-corrected chi connectivity index (χ0v) is 14.2. The molecule has 4 heteroatoms. The molecule has 0 N–H and O–H groups in total. The summed E-state index contributed by atoms with van der Waals surface area (Å²) >= 11 is 8.48. The first kappa shape index (κ1) is 14.7. The van der Waals surface area contributed by atoms with Gasteiger partial charge < -0.3 is 0 Å². The second kappa shape index (κ2) is 6.18. The Bertz CT molecular complexity index is 591.